The van der Waals surface area contributed by atoms with Crippen LogP contribution in [-0.2, 0) is 6.54 Å². The van der Waals surface area contributed by atoms with Crippen molar-refractivity contribution in [3.63, 3.8) is 0 Å². The molecule has 0 saturated heterocycles. The number of nitrogens with one attached hydrogen (secondary N) is 2. The molecule has 26 heavy (non-hydrogen) atoms. The van der Waals surface area contributed by atoms with Crippen LogP contribution in [-0.4, -0.2) is 32.1 Å². The van der Waals surface area contributed by atoms with E-state index >= 15 is 0 Å². The number of anilines is 1. The quantitative estimate of drug-likeness (QED) is 0.734. The maximum absolute atomic E-state index is 12.2. The highest BCUT2D eigenvalue weighted by molar-refractivity contribution is 5.89. The van der Waals surface area contributed by atoms with Gasteiger partial charge in [-0.2, -0.15) is 5.10 Å². The molecule has 8 heteroatoms. The number of hydrogen-bond acceptors (Lipinski definition) is 5. The molecule has 136 valence electrons. The molecule has 2 amide bonds. The molecule has 0 fully saturated rings. The van der Waals surface area contributed by atoms with Gasteiger partial charge in [-0.1, -0.05) is 0 Å². The maximum atomic E-state index is 12.2. The summed E-state index contributed by atoms with van der Waals surface area (Å²) in [5.74, 6) is 0.968. The fourth-order valence-electron chi connectivity index (χ4n) is 2.67. The molecule has 1 unspecified atom stereocenters. The molecular formula is C18H22N6O2. The van der Waals surface area contributed by atoms with E-state index in [4.69, 9.17) is 4.42 Å². The van der Waals surface area contributed by atoms with E-state index in [0.29, 0.717) is 24.0 Å². The molecule has 0 aliphatic heterocycles. The Morgan fingerprint density at radius 2 is 1.92 bits per heavy atom. The van der Waals surface area contributed by atoms with Gasteiger partial charge in [0.05, 0.1) is 12.2 Å². The number of urea groups is 1. The van der Waals surface area contributed by atoms with Crippen LogP contribution in [0.3, 0.4) is 0 Å². The van der Waals surface area contributed by atoms with E-state index in [1.807, 2.05) is 43.7 Å². The van der Waals surface area contributed by atoms with Crippen molar-refractivity contribution in [1.29, 1.82) is 0 Å². The second-order valence-corrected chi connectivity index (χ2v) is 6.31. The van der Waals surface area contributed by atoms with E-state index in [-0.39, 0.29) is 12.1 Å². The van der Waals surface area contributed by atoms with Crippen LogP contribution in [0, 0.1) is 20.8 Å². The van der Waals surface area contributed by atoms with Gasteiger partial charge in [-0.15, -0.1) is 10.2 Å². The van der Waals surface area contributed by atoms with Gasteiger partial charge in [0, 0.05) is 29.9 Å². The van der Waals surface area contributed by atoms with E-state index < -0.39 is 0 Å². The van der Waals surface area contributed by atoms with E-state index in [9.17, 15) is 4.79 Å². The van der Waals surface area contributed by atoms with Crippen molar-refractivity contribution >= 4 is 11.7 Å². The van der Waals surface area contributed by atoms with Crippen molar-refractivity contribution in [3.8, 4) is 11.5 Å². The molecule has 0 bridgehead atoms. The van der Waals surface area contributed by atoms with Crippen molar-refractivity contribution in [2.75, 3.05) is 5.32 Å². The Morgan fingerprint density at radius 3 is 2.50 bits per heavy atom. The van der Waals surface area contributed by atoms with Crippen LogP contribution < -0.4 is 10.6 Å². The highest BCUT2D eigenvalue weighted by atomic mass is 16.4. The van der Waals surface area contributed by atoms with Crippen LogP contribution in [0.4, 0.5) is 10.5 Å². The van der Waals surface area contributed by atoms with Gasteiger partial charge in [-0.05, 0) is 51.1 Å². The zero-order valence-corrected chi connectivity index (χ0v) is 15.3. The summed E-state index contributed by atoms with van der Waals surface area (Å²) in [5, 5.41) is 17.9. The molecule has 0 spiro atoms. The van der Waals surface area contributed by atoms with E-state index in [0.717, 1.165) is 17.0 Å². The Hall–Kier alpha value is -3.16. The number of aromatic nitrogens is 4. The summed E-state index contributed by atoms with van der Waals surface area (Å²) in [5.41, 5.74) is 3.52. The van der Waals surface area contributed by atoms with Gasteiger partial charge in [0.25, 0.3) is 0 Å². The third-order valence-corrected chi connectivity index (χ3v) is 3.84. The third-order valence-electron chi connectivity index (χ3n) is 3.84. The lowest BCUT2D eigenvalue weighted by Crippen LogP contribution is -2.38. The zero-order chi connectivity index (χ0) is 18.7. The Balaban J connectivity index is 1.55. The molecule has 1 atom stereocenters. The van der Waals surface area contributed by atoms with E-state index in [1.165, 1.54) is 0 Å². The molecule has 0 radical (unpaired) electrons. The van der Waals surface area contributed by atoms with Crippen molar-refractivity contribution in [2.24, 2.45) is 0 Å². The number of benzene rings is 1. The molecule has 1 aromatic carbocycles. The molecule has 3 rings (SSSR count). The van der Waals surface area contributed by atoms with Gasteiger partial charge >= 0.3 is 6.03 Å². The second kappa shape index (κ2) is 7.38. The van der Waals surface area contributed by atoms with Crippen LogP contribution in [0.25, 0.3) is 11.5 Å². The number of carbonyl (C=O) groups excluding carboxylic acids is 1. The smallest absolute Gasteiger partial charge is 0.319 e. The largest absolute Gasteiger partial charge is 0.421 e. The molecule has 2 aromatic heterocycles. The SMILES string of the molecule is Cc1cc(C)n(CC(C)NC(=O)Nc2ccc(-c3nnc(C)o3)cc2)n1. The van der Waals surface area contributed by atoms with Crippen LogP contribution in [0.2, 0.25) is 0 Å². The van der Waals surface area contributed by atoms with Gasteiger partial charge in [-0.3, -0.25) is 4.68 Å². The summed E-state index contributed by atoms with van der Waals surface area (Å²) in [4.78, 5) is 12.2. The summed E-state index contributed by atoms with van der Waals surface area (Å²) in [6.45, 7) is 8.25. The first kappa shape index (κ1) is 17.7. The van der Waals surface area contributed by atoms with Crippen LogP contribution in [0.1, 0.15) is 24.2 Å². The molecular weight excluding hydrogens is 332 g/mol. The predicted octanol–water partition coefficient (Wildman–Crippen LogP) is 3.07. The lowest BCUT2D eigenvalue weighted by atomic mass is 10.2. The van der Waals surface area contributed by atoms with Crippen LogP contribution in [0.5, 0.6) is 0 Å². The molecule has 2 N–H and O–H groups in total. The highest BCUT2D eigenvalue weighted by Crippen LogP contribution is 2.20. The predicted molar refractivity (Wildman–Crippen MR) is 97.8 cm³/mol. The standard InChI is InChI=1S/C18H22N6O2/c1-11-9-13(3)24(23-11)10-12(2)19-18(25)20-16-7-5-15(6-8-16)17-22-21-14(4)26-17/h5-9,12H,10H2,1-4H3,(H2,19,20,25). The van der Waals surface area contributed by atoms with E-state index in [2.05, 4.69) is 25.9 Å². The summed E-state index contributed by atoms with van der Waals surface area (Å²) in [6, 6.07) is 8.91. The molecule has 2 heterocycles. The minimum absolute atomic E-state index is 0.0614. The van der Waals surface area contributed by atoms with E-state index in [1.54, 1.807) is 19.1 Å². The van der Waals surface area contributed by atoms with Crippen molar-refractivity contribution in [3.05, 3.63) is 47.6 Å². The first-order chi connectivity index (χ1) is 12.4. The monoisotopic (exact) mass is 354 g/mol. The minimum Gasteiger partial charge on any atom is -0.421 e. The molecule has 8 nitrogen and oxygen atoms in total. The van der Waals surface area contributed by atoms with Gasteiger partial charge < -0.3 is 15.1 Å². The summed E-state index contributed by atoms with van der Waals surface area (Å²) in [7, 11) is 0. The summed E-state index contributed by atoms with van der Waals surface area (Å²) < 4.78 is 7.27. The fraction of sp³-hybridized carbons (Fsp3) is 0.333. The first-order valence-corrected chi connectivity index (χ1v) is 8.40. The summed E-state index contributed by atoms with van der Waals surface area (Å²) in [6.07, 6.45) is 0. The number of hydrogen-bond donors (Lipinski definition) is 2. The Labute approximate surface area is 151 Å². The van der Waals surface area contributed by atoms with Crippen molar-refractivity contribution in [2.45, 2.75) is 40.3 Å². The number of nitrogens with zero attached hydrogens (tertiary/aromatic N) is 4. The Morgan fingerprint density at radius 1 is 1.19 bits per heavy atom. The molecule has 0 saturated carbocycles. The minimum atomic E-state index is -0.264. The van der Waals surface area contributed by atoms with Gasteiger partial charge in [0.1, 0.15) is 0 Å². The number of amides is 2. The average Bonchev–Trinajstić information content (AvgIpc) is 3.13. The number of carbonyl (C=O) groups is 1. The maximum Gasteiger partial charge on any atom is 0.319 e. The normalized spacial score (nSPS) is 12.0. The average molecular weight is 354 g/mol. The lowest BCUT2D eigenvalue weighted by Gasteiger charge is -2.15. The fourth-order valence-corrected chi connectivity index (χ4v) is 2.67. The molecule has 0 aliphatic carbocycles. The van der Waals surface area contributed by atoms with Crippen LogP contribution in [0.15, 0.2) is 34.7 Å². The molecule has 0 aliphatic rings. The highest BCUT2D eigenvalue weighted by Gasteiger charge is 2.11. The third kappa shape index (κ3) is 4.27. The zero-order valence-electron chi connectivity index (χ0n) is 15.3. The summed E-state index contributed by atoms with van der Waals surface area (Å²) >= 11 is 0. The number of rotatable bonds is 5. The van der Waals surface area contributed by atoms with Crippen molar-refractivity contribution < 1.29 is 9.21 Å². The van der Waals surface area contributed by atoms with Gasteiger partial charge in [-0.25, -0.2) is 4.79 Å². The van der Waals surface area contributed by atoms with Crippen molar-refractivity contribution in [1.82, 2.24) is 25.3 Å². The topological polar surface area (TPSA) is 97.9 Å². The van der Waals surface area contributed by atoms with Crippen LogP contribution >= 0.6 is 0 Å². The number of aryl methyl sites for hydroxylation is 3. The molecule has 3 aromatic rings. The lowest BCUT2D eigenvalue weighted by molar-refractivity contribution is 0.247. The first-order valence-electron chi connectivity index (χ1n) is 8.40. The Kier molecular flexibility index (Phi) is 5.01. The second-order valence-electron chi connectivity index (χ2n) is 6.31. The van der Waals surface area contributed by atoms with Gasteiger partial charge in [0.2, 0.25) is 11.8 Å². The van der Waals surface area contributed by atoms with Gasteiger partial charge in [0.15, 0.2) is 0 Å². The Bertz CT molecular complexity index is 897.